The first-order valence-electron chi connectivity index (χ1n) is 11.4. The summed E-state index contributed by atoms with van der Waals surface area (Å²) < 4.78 is 7.10. The minimum Gasteiger partial charge on any atom is -0.494 e. The van der Waals surface area contributed by atoms with Crippen molar-refractivity contribution in [2.45, 2.75) is 51.5 Å². The van der Waals surface area contributed by atoms with E-state index in [2.05, 4.69) is 10.3 Å². The summed E-state index contributed by atoms with van der Waals surface area (Å²) in [7, 11) is 0. The molecule has 0 bridgehead atoms. The smallest absolute Gasteiger partial charge is 0.263 e. The SMILES string of the molecule is O=C1Cn2c(nc3cc(OCCCC(=O)N(CCO)CC4CCCCC4)ccc3c2=O)N1. The van der Waals surface area contributed by atoms with Gasteiger partial charge in [-0.25, -0.2) is 4.98 Å². The Hall–Kier alpha value is -2.94. The molecule has 172 valence electrons. The molecule has 4 rings (SSSR count). The highest BCUT2D eigenvalue weighted by Crippen LogP contribution is 2.25. The maximum absolute atomic E-state index is 12.6. The number of carbonyl (C=O) groups excluding carboxylic acids is 2. The fraction of sp³-hybridized carbons (Fsp3) is 0.565. The van der Waals surface area contributed by atoms with E-state index in [0.29, 0.717) is 48.6 Å². The molecule has 1 aromatic heterocycles. The second-order valence-corrected chi connectivity index (χ2v) is 8.57. The number of nitrogens with zero attached hydrogens (tertiary/aromatic N) is 3. The van der Waals surface area contributed by atoms with Gasteiger partial charge in [-0.3, -0.25) is 24.3 Å². The monoisotopic (exact) mass is 442 g/mol. The number of hydrogen-bond donors (Lipinski definition) is 2. The standard InChI is InChI=1S/C23H30N4O5/c28-11-10-26(14-16-5-2-1-3-6-16)21(30)7-4-12-32-17-8-9-18-19(13-17)24-23-25-20(29)15-27(23)22(18)31/h8-9,13,16,28H,1-7,10-12,14-15H2,(H,24,25,29). The number of aromatic nitrogens is 2. The van der Waals surface area contributed by atoms with Crippen LogP contribution in [-0.2, 0) is 16.1 Å². The average molecular weight is 443 g/mol. The molecule has 9 nitrogen and oxygen atoms in total. The number of fused-ring (bicyclic) bond motifs is 2. The van der Waals surface area contributed by atoms with Gasteiger partial charge >= 0.3 is 0 Å². The second-order valence-electron chi connectivity index (χ2n) is 8.57. The number of aliphatic hydroxyl groups excluding tert-OH is 1. The Morgan fingerprint density at radius 1 is 1.25 bits per heavy atom. The Balaban J connectivity index is 1.30. The molecule has 0 unspecified atom stereocenters. The number of hydrogen-bond acceptors (Lipinski definition) is 6. The summed E-state index contributed by atoms with van der Waals surface area (Å²) in [6, 6.07) is 5.02. The van der Waals surface area contributed by atoms with Gasteiger partial charge < -0.3 is 14.7 Å². The minimum atomic E-state index is -0.262. The van der Waals surface area contributed by atoms with Gasteiger partial charge in [0, 0.05) is 25.6 Å². The van der Waals surface area contributed by atoms with Crippen LogP contribution in [0.1, 0.15) is 44.9 Å². The van der Waals surface area contributed by atoms with E-state index in [0.717, 1.165) is 19.4 Å². The molecule has 32 heavy (non-hydrogen) atoms. The van der Waals surface area contributed by atoms with Gasteiger partial charge in [0.05, 0.1) is 24.1 Å². The van der Waals surface area contributed by atoms with Crippen LogP contribution in [0.2, 0.25) is 0 Å². The third kappa shape index (κ3) is 5.09. The van der Waals surface area contributed by atoms with Gasteiger partial charge in [-0.2, -0.15) is 0 Å². The summed E-state index contributed by atoms with van der Waals surface area (Å²) in [5.74, 6) is 1.13. The van der Waals surface area contributed by atoms with Crippen molar-refractivity contribution in [2.24, 2.45) is 5.92 Å². The highest BCUT2D eigenvalue weighted by atomic mass is 16.5. The van der Waals surface area contributed by atoms with Crippen molar-refractivity contribution in [1.82, 2.24) is 14.5 Å². The van der Waals surface area contributed by atoms with Crippen LogP contribution in [0.15, 0.2) is 23.0 Å². The number of carbonyl (C=O) groups is 2. The summed E-state index contributed by atoms with van der Waals surface area (Å²) >= 11 is 0. The third-order valence-electron chi connectivity index (χ3n) is 6.21. The first kappa shape index (κ1) is 22.3. The van der Waals surface area contributed by atoms with Crippen LogP contribution in [0.4, 0.5) is 5.95 Å². The Kier molecular flexibility index (Phi) is 7.04. The molecule has 1 fully saturated rings. The highest BCUT2D eigenvalue weighted by Gasteiger charge is 2.22. The predicted octanol–water partition coefficient (Wildman–Crippen LogP) is 1.91. The number of nitrogens with one attached hydrogen (secondary N) is 1. The van der Waals surface area contributed by atoms with Gasteiger partial charge in [0.1, 0.15) is 12.3 Å². The molecule has 2 heterocycles. The van der Waals surface area contributed by atoms with E-state index >= 15 is 0 Å². The van der Waals surface area contributed by atoms with E-state index in [4.69, 9.17) is 4.74 Å². The van der Waals surface area contributed by atoms with E-state index < -0.39 is 0 Å². The van der Waals surface area contributed by atoms with Gasteiger partial charge in [-0.1, -0.05) is 19.3 Å². The zero-order valence-corrected chi connectivity index (χ0v) is 18.2. The van der Waals surface area contributed by atoms with Crippen molar-refractivity contribution in [3.05, 3.63) is 28.6 Å². The van der Waals surface area contributed by atoms with E-state index in [1.54, 1.807) is 23.1 Å². The maximum atomic E-state index is 12.6. The van der Waals surface area contributed by atoms with Gasteiger partial charge in [-0.05, 0) is 37.3 Å². The molecule has 0 atom stereocenters. The molecule has 2 aromatic rings. The predicted molar refractivity (Wildman–Crippen MR) is 120 cm³/mol. The van der Waals surface area contributed by atoms with Crippen molar-refractivity contribution < 1.29 is 19.4 Å². The second kappa shape index (κ2) is 10.1. The normalized spacial score (nSPS) is 16.1. The van der Waals surface area contributed by atoms with E-state index in [1.165, 1.54) is 23.8 Å². The number of benzene rings is 1. The van der Waals surface area contributed by atoms with E-state index in [9.17, 15) is 19.5 Å². The lowest BCUT2D eigenvalue weighted by molar-refractivity contribution is -0.132. The summed E-state index contributed by atoms with van der Waals surface area (Å²) in [6.07, 6.45) is 6.96. The van der Waals surface area contributed by atoms with Crippen molar-refractivity contribution >= 4 is 28.7 Å². The van der Waals surface area contributed by atoms with Crippen LogP contribution < -0.4 is 15.6 Å². The van der Waals surface area contributed by atoms with Crippen LogP contribution in [0.3, 0.4) is 0 Å². The number of ether oxygens (including phenoxy) is 1. The largest absolute Gasteiger partial charge is 0.494 e. The van der Waals surface area contributed by atoms with Gasteiger partial charge in [-0.15, -0.1) is 0 Å². The zero-order chi connectivity index (χ0) is 22.5. The van der Waals surface area contributed by atoms with Crippen LogP contribution in [0.25, 0.3) is 10.9 Å². The molecule has 1 aliphatic carbocycles. The fourth-order valence-corrected chi connectivity index (χ4v) is 4.53. The Labute approximate surface area is 186 Å². The molecule has 1 saturated carbocycles. The number of rotatable bonds is 9. The van der Waals surface area contributed by atoms with Crippen LogP contribution in [0.5, 0.6) is 5.75 Å². The van der Waals surface area contributed by atoms with Gasteiger partial charge in [0.15, 0.2) is 0 Å². The molecule has 2 N–H and O–H groups in total. The lowest BCUT2D eigenvalue weighted by Crippen LogP contribution is -2.38. The molecule has 0 radical (unpaired) electrons. The van der Waals surface area contributed by atoms with Crippen LogP contribution in [0, 0.1) is 5.92 Å². The summed E-state index contributed by atoms with van der Waals surface area (Å²) in [5.41, 5.74) is 0.195. The molecule has 0 spiro atoms. The fourth-order valence-electron chi connectivity index (χ4n) is 4.53. The Morgan fingerprint density at radius 2 is 2.06 bits per heavy atom. The quantitative estimate of drug-likeness (QED) is 0.574. The van der Waals surface area contributed by atoms with E-state index in [-0.39, 0.29) is 36.5 Å². The highest BCUT2D eigenvalue weighted by molar-refractivity contribution is 5.94. The lowest BCUT2D eigenvalue weighted by Gasteiger charge is -2.29. The Bertz CT molecular complexity index is 1040. The number of amides is 2. The molecular formula is C23H30N4O5. The molecule has 1 aromatic carbocycles. The summed E-state index contributed by atoms with van der Waals surface area (Å²) in [6.45, 7) is 1.42. The first-order valence-corrected chi connectivity index (χ1v) is 11.4. The number of aliphatic hydroxyl groups is 1. The zero-order valence-electron chi connectivity index (χ0n) is 18.2. The number of anilines is 1. The van der Waals surface area contributed by atoms with Crippen molar-refractivity contribution in [2.75, 3.05) is 31.6 Å². The Morgan fingerprint density at radius 3 is 2.84 bits per heavy atom. The van der Waals surface area contributed by atoms with Crippen molar-refractivity contribution in [3.63, 3.8) is 0 Å². The molecule has 0 saturated heterocycles. The summed E-state index contributed by atoms with van der Waals surface area (Å²) in [5, 5.41) is 12.3. The molecule has 2 aliphatic rings. The maximum Gasteiger partial charge on any atom is 0.263 e. The summed E-state index contributed by atoms with van der Waals surface area (Å²) in [4.78, 5) is 42.8. The topological polar surface area (TPSA) is 114 Å². The van der Waals surface area contributed by atoms with Gasteiger partial charge in [0.25, 0.3) is 5.56 Å². The van der Waals surface area contributed by atoms with Crippen molar-refractivity contribution in [1.29, 1.82) is 0 Å². The third-order valence-corrected chi connectivity index (χ3v) is 6.21. The average Bonchev–Trinajstić information content (AvgIpc) is 3.17. The van der Waals surface area contributed by atoms with Crippen molar-refractivity contribution in [3.8, 4) is 5.75 Å². The minimum absolute atomic E-state index is 0.0164. The van der Waals surface area contributed by atoms with E-state index in [1.807, 2.05) is 0 Å². The lowest BCUT2D eigenvalue weighted by atomic mass is 9.89. The first-order chi connectivity index (χ1) is 15.5. The van der Waals surface area contributed by atoms with Crippen LogP contribution in [-0.4, -0.2) is 57.7 Å². The molecule has 2 amide bonds. The molecule has 9 heteroatoms. The molecule has 1 aliphatic heterocycles. The molecular weight excluding hydrogens is 412 g/mol. The van der Waals surface area contributed by atoms with Gasteiger partial charge in [0.2, 0.25) is 17.8 Å². The van der Waals surface area contributed by atoms with Crippen LogP contribution >= 0.6 is 0 Å².